The molecular formula is C80H92BN3. The van der Waals surface area contributed by atoms with Gasteiger partial charge in [0.1, 0.15) is 0 Å². The maximum atomic E-state index is 2.75. The minimum atomic E-state index is -0.230. The van der Waals surface area contributed by atoms with Crippen LogP contribution in [-0.4, -0.2) is 6.71 Å². The molecule has 430 valence electrons. The van der Waals surface area contributed by atoms with Gasteiger partial charge in [0.25, 0.3) is 6.71 Å². The first-order chi connectivity index (χ1) is 39.1. The first-order valence-electron chi connectivity index (χ1n) is 31.6. The molecule has 3 aliphatic carbocycles. The van der Waals surface area contributed by atoms with Gasteiger partial charge in [-0.1, -0.05) is 204 Å². The lowest BCUT2D eigenvalue weighted by Crippen LogP contribution is -2.61. The molecule has 0 unspecified atom stereocenters. The fourth-order valence-corrected chi connectivity index (χ4v) is 16.7. The molecule has 8 aromatic carbocycles. The molecule has 3 nitrogen and oxygen atoms in total. The van der Waals surface area contributed by atoms with Crippen molar-refractivity contribution in [2.45, 2.75) is 208 Å². The summed E-state index contributed by atoms with van der Waals surface area (Å²) in [4.78, 5) is 8.01. The van der Waals surface area contributed by atoms with Gasteiger partial charge in [0.05, 0.1) is 5.69 Å². The van der Waals surface area contributed by atoms with Crippen LogP contribution >= 0.6 is 0 Å². The highest BCUT2D eigenvalue weighted by molar-refractivity contribution is 7.00. The molecule has 0 aromatic heterocycles. The molecule has 5 aliphatic rings. The van der Waals surface area contributed by atoms with Crippen LogP contribution in [0.2, 0.25) is 0 Å². The lowest BCUT2D eigenvalue weighted by atomic mass is 9.33. The van der Waals surface area contributed by atoms with Crippen LogP contribution in [0.5, 0.6) is 0 Å². The van der Waals surface area contributed by atoms with Crippen LogP contribution in [0.3, 0.4) is 0 Å². The molecule has 13 rings (SSSR count). The summed E-state index contributed by atoms with van der Waals surface area (Å²) in [6.07, 6.45) is 3.46. The Labute approximate surface area is 506 Å². The van der Waals surface area contributed by atoms with E-state index in [4.69, 9.17) is 0 Å². The van der Waals surface area contributed by atoms with Crippen molar-refractivity contribution in [3.05, 3.63) is 201 Å². The predicted octanol–water partition coefficient (Wildman–Crippen LogP) is 20.4. The molecule has 0 amide bonds. The first-order valence-corrected chi connectivity index (χ1v) is 31.6. The molecule has 84 heavy (non-hydrogen) atoms. The number of fused-ring (bicyclic) bond motifs is 9. The number of hydrogen-bond donors (Lipinski definition) is 0. The molecule has 0 saturated carbocycles. The van der Waals surface area contributed by atoms with Gasteiger partial charge in [0.15, 0.2) is 0 Å². The van der Waals surface area contributed by atoms with E-state index in [-0.39, 0.29) is 50.0 Å². The Morgan fingerprint density at radius 2 is 0.893 bits per heavy atom. The maximum Gasteiger partial charge on any atom is 0.252 e. The van der Waals surface area contributed by atoms with Crippen LogP contribution < -0.4 is 31.1 Å². The summed E-state index contributed by atoms with van der Waals surface area (Å²) in [5.74, 6) is 0. The number of rotatable bonds is 5. The van der Waals surface area contributed by atoms with Crippen molar-refractivity contribution in [3.8, 4) is 11.1 Å². The Morgan fingerprint density at radius 1 is 0.405 bits per heavy atom. The minimum Gasteiger partial charge on any atom is -0.311 e. The molecule has 0 spiro atoms. The van der Waals surface area contributed by atoms with Crippen LogP contribution in [-0.2, 0) is 43.3 Å². The SMILES string of the molecule is Cc1cc2c3c(c1)N(c1ccc4c(c1C(C)(C)C)C(C)(C)c1ccccc1-4)c1cc(N(c4ccc(C(C)(C)C)cc4)c4ccc(C(C)(C)C)cc4)ccc1B3c1cc3c(cc1N2c1cc2c(cc1C)C(C)(C)CCC2(C)C)C(C)(C)CC3(C)C. The number of aryl methyl sites for hydroxylation is 2. The topological polar surface area (TPSA) is 9.72 Å². The second kappa shape index (κ2) is 18.1. The largest absolute Gasteiger partial charge is 0.311 e. The number of anilines is 9. The summed E-state index contributed by atoms with van der Waals surface area (Å²) >= 11 is 0. The molecule has 2 aliphatic heterocycles. The molecule has 0 saturated heterocycles. The zero-order valence-electron chi connectivity index (χ0n) is 54.8. The van der Waals surface area contributed by atoms with E-state index in [1.165, 1.54) is 136 Å². The third-order valence-corrected chi connectivity index (χ3v) is 21.0. The standard InChI is InChI=1S/C80H92BN3/c1-48-40-68-72-69(41-48)84(65-45-60-58(42-49(65)2)76(12,13)38-39-77(60,14)15)67-46-61-59(78(16,17)47-79(61,18)19)44-63(67)81(72)62-36-34-54(82(52-30-26-50(27-31-52)73(3,4)5)53-32-28-51(29-33-53)74(6,7)8)43-66(62)83(68)64-37-35-56-55-24-22-23-25-57(55)80(20,21)70(56)71(64)75(9,10)11/h22-37,40-46H,38-39,47H2,1-21H3. The molecule has 8 aromatic rings. The fourth-order valence-electron chi connectivity index (χ4n) is 16.7. The lowest BCUT2D eigenvalue weighted by molar-refractivity contribution is 0.332. The van der Waals surface area contributed by atoms with E-state index >= 15 is 0 Å². The van der Waals surface area contributed by atoms with E-state index in [0.29, 0.717) is 0 Å². The van der Waals surface area contributed by atoms with Crippen molar-refractivity contribution in [1.82, 2.24) is 0 Å². The van der Waals surface area contributed by atoms with Gasteiger partial charge in [-0.2, -0.15) is 0 Å². The number of benzene rings is 8. The van der Waals surface area contributed by atoms with Gasteiger partial charge in [0, 0.05) is 50.9 Å². The van der Waals surface area contributed by atoms with Crippen LogP contribution in [0.1, 0.15) is 212 Å². The molecule has 2 heterocycles. The monoisotopic (exact) mass is 1110 g/mol. The van der Waals surface area contributed by atoms with Crippen molar-refractivity contribution >= 4 is 74.3 Å². The average molecular weight is 1110 g/mol. The molecular weight excluding hydrogens is 1010 g/mol. The van der Waals surface area contributed by atoms with Gasteiger partial charge in [0.2, 0.25) is 0 Å². The summed E-state index contributed by atoms with van der Waals surface area (Å²) in [5, 5.41) is 0. The Bertz CT molecular complexity index is 3990. The van der Waals surface area contributed by atoms with Crippen molar-refractivity contribution < 1.29 is 0 Å². The van der Waals surface area contributed by atoms with Gasteiger partial charge in [-0.15, -0.1) is 0 Å². The van der Waals surface area contributed by atoms with E-state index < -0.39 is 0 Å². The normalized spacial score (nSPS) is 18.1. The minimum absolute atomic E-state index is 0.00178. The highest BCUT2D eigenvalue weighted by Gasteiger charge is 2.50. The van der Waals surface area contributed by atoms with Crippen molar-refractivity contribution in [3.63, 3.8) is 0 Å². The Morgan fingerprint density at radius 3 is 1.45 bits per heavy atom. The third kappa shape index (κ3) is 8.47. The summed E-state index contributed by atoms with van der Waals surface area (Å²) in [7, 11) is 0. The zero-order valence-corrected chi connectivity index (χ0v) is 54.8. The smallest absolute Gasteiger partial charge is 0.252 e. The van der Waals surface area contributed by atoms with Crippen molar-refractivity contribution in [2.24, 2.45) is 0 Å². The highest BCUT2D eigenvalue weighted by Crippen LogP contribution is 2.59. The van der Waals surface area contributed by atoms with Crippen LogP contribution in [0.4, 0.5) is 51.2 Å². The van der Waals surface area contributed by atoms with Gasteiger partial charge >= 0.3 is 0 Å². The summed E-state index contributed by atoms with van der Waals surface area (Å²) in [5.41, 5.74) is 33.1. The molecule has 0 radical (unpaired) electrons. The van der Waals surface area contributed by atoms with Crippen LogP contribution in [0.15, 0.2) is 140 Å². The lowest BCUT2D eigenvalue weighted by Gasteiger charge is -2.47. The molecule has 4 heteroatoms. The fraction of sp³-hybridized carbons (Fsp3) is 0.400. The second-order valence-corrected chi connectivity index (χ2v) is 32.6. The molecule has 0 N–H and O–H groups in total. The van der Waals surface area contributed by atoms with Crippen LogP contribution in [0, 0.1) is 13.8 Å². The highest BCUT2D eigenvalue weighted by atomic mass is 15.2. The van der Waals surface area contributed by atoms with E-state index in [0.717, 1.165) is 23.5 Å². The molecule has 0 fully saturated rings. The van der Waals surface area contributed by atoms with E-state index in [1.54, 1.807) is 0 Å². The first kappa shape index (κ1) is 56.4. The summed E-state index contributed by atoms with van der Waals surface area (Å²) < 4.78 is 0. The third-order valence-electron chi connectivity index (χ3n) is 21.0. The van der Waals surface area contributed by atoms with E-state index in [2.05, 4.69) is 300 Å². The van der Waals surface area contributed by atoms with Gasteiger partial charge in [-0.05, 0) is 226 Å². The second-order valence-electron chi connectivity index (χ2n) is 32.6. The summed E-state index contributed by atoms with van der Waals surface area (Å²) in [6.45, 7) is 50.8. The predicted molar refractivity (Wildman–Crippen MR) is 364 cm³/mol. The van der Waals surface area contributed by atoms with E-state index in [9.17, 15) is 0 Å². The van der Waals surface area contributed by atoms with Gasteiger partial charge < -0.3 is 14.7 Å². The van der Waals surface area contributed by atoms with E-state index in [1.807, 2.05) is 0 Å². The van der Waals surface area contributed by atoms with Crippen molar-refractivity contribution in [1.29, 1.82) is 0 Å². The Balaban J connectivity index is 1.15. The average Bonchev–Trinajstić information content (AvgIpc) is 1.08. The van der Waals surface area contributed by atoms with Crippen LogP contribution in [0.25, 0.3) is 11.1 Å². The Hall–Kier alpha value is -6.78. The Kier molecular flexibility index (Phi) is 12.2. The zero-order chi connectivity index (χ0) is 60.1. The quantitative estimate of drug-likeness (QED) is 0.159. The summed E-state index contributed by atoms with van der Waals surface area (Å²) in [6, 6.07) is 56.1. The molecule has 0 atom stereocenters. The number of nitrogens with zero attached hydrogens (tertiary/aromatic N) is 3. The molecule has 0 bridgehead atoms. The van der Waals surface area contributed by atoms with Gasteiger partial charge in [-0.25, -0.2) is 0 Å². The van der Waals surface area contributed by atoms with Gasteiger partial charge in [-0.3, -0.25) is 0 Å². The maximum absolute atomic E-state index is 2.75. The number of hydrogen-bond acceptors (Lipinski definition) is 3. The van der Waals surface area contributed by atoms with Crippen molar-refractivity contribution in [2.75, 3.05) is 14.7 Å².